The van der Waals surface area contributed by atoms with Gasteiger partial charge in [0, 0.05) is 6.54 Å². The molecule has 0 aromatic carbocycles. The van der Waals surface area contributed by atoms with Crippen molar-refractivity contribution in [3.63, 3.8) is 0 Å². The maximum absolute atomic E-state index is 9.79. The molecule has 0 amide bonds. The standard InChI is InChI=1S/C6H9NO3/c8-4-1-7(2-5-9)3-6-10/h8H,1-4H2. The molecule has 2 radical (unpaired) electrons. The van der Waals surface area contributed by atoms with Crippen LogP contribution in [0.2, 0.25) is 0 Å². The van der Waals surface area contributed by atoms with Crippen molar-refractivity contribution in [2.75, 3.05) is 26.2 Å². The zero-order valence-corrected chi connectivity index (χ0v) is 5.54. The molecular weight excluding hydrogens is 134 g/mol. The Morgan fingerprint density at radius 3 is 2.00 bits per heavy atom. The summed E-state index contributed by atoms with van der Waals surface area (Å²) in [6.45, 7) is 0.347. The highest BCUT2D eigenvalue weighted by Gasteiger charge is 2.01. The third-order valence-corrected chi connectivity index (χ3v) is 0.993. The van der Waals surface area contributed by atoms with Crippen LogP contribution in [0.4, 0.5) is 0 Å². The average Bonchev–Trinajstić information content (AvgIpc) is 1.90. The highest BCUT2D eigenvalue weighted by molar-refractivity contribution is 5.57. The van der Waals surface area contributed by atoms with Crippen molar-refractivity contribution in [3.8, 4) is 0 Å². The van der Waals surface area contributed by atoms with Gasteiger partial charge in [0.2, 0.25) is 12.6 Å². The van der Waals surface area contributed by atoms with E-state index in [2.05, 4.69) is 0 Å². The summed E-state index contributed by atoms with van der Waals surface area (Å²) in [6, 6.07) is 0. The Hall–Kier alpha value is -0.740. The van der Waals surface area contributed by atoms with Crippen molar-refractivity contribution in [3.05, 3.63) is 0 Å². The maximum Gasteiger partial charge on any atom is 0.213 e. The molecule has 0 rings (SSSR count). The number of hydrogen-bond acceptors (Lipinski definition) is 4. The second-order valence-electron chi connectivity index (χ2n) is 1.72. The van der Waals surface area contributed by atoms with E-state index in [9.17, 15) is 9.59 Å². The van der Waals surface area contributed by atoms with Gasteiger partial charge in [-0.2, -0.15) is 0 Å². The molecule has 0 saturated carbocycles. The lowest BCUT2D eigenvalue weighted by molar-refractivity contribution is 0.225. The predicted molar refractivity (Wildman–Crippen MR) is 34.9 cm³/mol. The summed E-state index contributed by atoms with van der Waals surface area (Å²) in [5.74, 6) is 0. The molecule has 10 heavy (non-hydrogen) atoms. The molecule has 4 heteroatoms. The van der Waals surface area contributed by atoms with Crippen molar-refractivity contribution in [2.45, 2.75) is 0 Å². The van der Waals surface area contributed by atoms with Crippen LogP contribution in [-0.2, 0) is 9.59 Å². The molecule has 56 valence electrons. The molecular formula is C6H9NO3. The number of hydrogen-bond donors (Lipinski definition) is 1. The fourth-order valence-electron chi connectivity index (χ4n) is 0.538. The smallest absolute Gasteiger partial charge is 0.213 e. The monoisotopic (exact) mass is 143 g/mol. The van der Waals surface area contributed by atoms with Crippen molar-refractivity contribution in [1.82, 2.24) is 4.90 Å². The zero-order chi connectivity index (χ0) is 7.82. The molecule has 0 aliphatic carbocycles. The van der Waals surface area contributed by atoms with E-state index < -0.39 is 0 Å². The molecule has 0 aliphatic rings. The van der Waals surface area contributed by atoms with E-state index in [0.29, 0.717) is 6.54 Å². The fourth-order valence-corrected chi connectivity index (χ4v) is 0.538. The van der Waals surface area contributed by atoms with Gasteiger partial charge in [0.1, 0.15) is 0 Å². The number of carbonyl (C=O) groups excluding carboxylic acids is 2. The van der Waals surface area contributed by atoms with Gasteiger partial charge < -0.3 is 5.11 Å². The molecule has 4 nitrogen and oxygen atoms in total. The van der Waals surface area contributed by atoms with Crippen LogP contribution in [0.25, 0.3) is 0 Å². The van der Waals surface area contributed by atoms with Gasteiger partial charge in [0.15, 0.2) is 0 Å². The molecule has 0 aromatic heterocycles. The second-order valence-corrected chi connectivity index (χ2v) is 1.72. The molecule has 0 aromatic rings. The molecule has 0 heterocycles. The van der Waals surface area contributed by atoms with E-state index in [0.717, 1.165) is 0 Å². The summed E-state index contributed by atoms with van der Waals surface area (Å²) in [7, 11) is 0. The third-order valence-electron chi connectivity index (χ3n) is 0.993. The lowest BCUT2D eigenvalue weighted by Crippen LogP contribution is -2.30. The topological polar surface area (TPSA) is 57.6 Å². The Morgan fingerprint density at radius 1 is 1.20 bits per heavy atom. The Balaban J connectivity index is 3.48. The van der Waals surface area contributed by atoms with Gasteiger partial charge >= 0.3 is 0 Å². The molecule has 0 bridgehead atoms. The SMILES string of the molecule is O=[C]CN(C[C]=O)CCO. The number of nitrogens with zero attached hydrogens (tertiary/aromatic N) is 1. The van der Waals surface area contributed by atoms with Gasteiger partial charge in [-0.15, -0.1) is 0 Å². The minimum absolute atomic E-state index is 0.0514. The second kappa shape index (κ2) is 6.38. The van der Waals surface area contributed by atoms with E-state index in [-0.39, 0.29) is 19.7 Å². The first kappa shape index (κ1) is 9.26. The first-order valence-corrected chi connectivity index (χ1v) is 2.88. The van der Waals surface area contributed by atoms with E-state index in [4.69, 9.17) is 5.11 Å². The van der Waals surface area contributed by atoms with Gasteiger partial charge in [-0.1, -0.05) is 0 Å². The van der Waals surface area contributed by atoms with Crippen LogP contribution in [0.1, 0.15) is 0 Å². The van der Waals surface area contributed by atoms with Crippen LogP contribution in [0.15, 0.2) is 0 Å². The van der Waals surface area contributed by atoms with E-state index in [1.165, 1.54) is 4.90 Å². The summed E-state index contributed by atoms with van der Waals surface area (Å²) in [6.07, 6.45) is 3.25. The van der Waals surface area contributed by atoms with Gasteiger partial charge in [0.25, 0.3) is 0 Å². The minimum atomic E-state index is -0.0661. The Bertz CT molecular complexity index is 95.2. The Kier molecular flexibility index (Phi) is 5.91. The van der Waals surface area contributed by atoms with Crippen LogP contribution in [-0.4, -0.2) is 48.8 Å². The normalized spacial score (nSPS) is 9.80. The summed E-state index contributed by atoms with van der Waals surface area (Å²) in [5.41, 5.74) is 0. The zero-order valence-electron chi connectivity index (χ0n) is 5.54. The summed E-state index contributed by atoms with van der Waals surface area (Å²) >= 11 is 0. The molecule has 1 N–H and O–H groups in total. The van der Waals surface area contributed by atoms with Gasteiger partial charge in [-0.25, -0.2) is 0 Å². The lowest BCUT2D eigenvalue weighted by Gasteiger charge is -2.12. The summed E-state index contributed by atoms with van der Waals surface area (Å²) in [4.78, 5) is 21.0. The minimum Gasteiger partial charge on any atom is -0.395 e. The van der Waals surface area contributed by atoms with E-state index in [1.807, 2.05) is 0 Å². The first-order chi connectivity index (χ1) is 4.85. The van der Waals surface area contributed by atoms with E-state index >= 15 is 0 Å². The quantitative estimate of drug-likeness (QED) is 0.491. The highest BCUT2D eigenvalue weighted by atomic mass is 16.3. The maximum atomic E-state index is 9.79. The van der Waals surface area contributed by atoms with Crippen LogP contribution in [0, 0.1) is 0 Å². The number of aliphatic hydroxyl groups is 1. The van der Waals surface area contributed by atoms with Crippen molar-refractivity contribution in [1.29, 1.82) is 0 Å². The Morgan fingerprint density at radius 2 is 1.70 bits per heavy atom. The average molecular weight is 143 g/mol. The lowest BCUT2D eigenvalue weighted by atomic mass is 10.5. The Labute approximate surface area is 59.4 Å². The number of aliphatic hydroxyl groups excluding tert-OH is 1. The summed E-state index contributed by atoms with van der Waals surface area (Å²) < 4.78 is 0. The van der Waals surface area contributed by atoms with Crippen LogP contribution in [0.5, 0.6) is 0 Å². The van der Waals surface area contributed by atoms with Gasteiger partial charge in [-0.05, 0) is 0 Å². The van der Waals surface area contributed by atoms with Crippen molar-refractivity contribution in [2.24, 2.45) is 0 Å². The third kappa shape index (κ3) is 4.17. The molecule has 0 spiro atoms. The van der Waals surface area contributed by atoms with Crippen LogP contribution >= 0.6 is 0 Å². The number of rotatable bonds is 6. The van der Waals surface area contributed by atoms with Crippen LogP contribution in [0.3, 0.4) is 0 Å². The van der Waals surface area contributed by atoms with Gasteiger partial charge in [-0.3, -0.25) is 14.5 Å². The largest absolute Gasteiger partial charge is 0.395 e. The van der Waals surface area contributed by atoms with Crippen molar-refractivity contribution >= 4 is 12.6 Å². The fraction of sp³-hybridized carbons (Fsp3) is 0.667. The van der Waals surface area contributed by atoms with Gasteiger partial charge in [0.05, 0.1) is 19.7 Å². The van der Waals surface area contributed by atoms with Crippen molar-refractivity contribution < 1.29 is 14.7 Å². The van der Waals surface area contributed by atoms with E-state index in [1.54, 1.807) is 12.6 Å². The highest BCUT2D eigenvalue weighted by Crippen LogP contribution is 1.80. The molecule has 0 saturated heterocycles. The van der Waals surface area contributed by atoms with Crippen LogP contribution < -0.4 is 0 Å². The molecule has 0 atom stereocenters. The summed E-state index contributed by atoms with van der Waals surface area (Å²) in [5, 5.41) is 8.39. The predicted octanol–water partition coefficient (Wildman–Crippen LogP) is -1.50. The first-order valence-electron chi connectivity index (χ1n) is 2.88. The molecule has 0 aliphatic heterocycles. The molecule has 0 unspecified atom stereocenters. The molecule has 0 fully saturated rings.